The minimum Gasteiger partial charge on any atom is -0.378 e. The van der Waals surface area contributed by atoms with Crippen molar-refractivity contribution >= 4 is 11.6 Å². The van der Waals surface area contributed by atoms with Gasteiger partial charge < -0.3 is 15.2 Å². The summed E-state index contributed by atoms with van der Waals surface area (Å²) in [6, 6.07) is 12.8. The highest BCUT2D eigenvalue weighted by atomic mass is 16.1. The Morgan fingerprint density at radius 1 is 1.09 bits per heavy atom. The predicted octanol–water partition coefficient (Wildman–Crippen LogP) is 3.08. The lowest BCUT2D eigenvalue weighted by molar-refractivity contribution is 0.0939. The van der Waals surface area contributed by atoms with Crippen molar-refractivity contribution in [2.24, 2.45) is 7.05 Å². The molecule has 9 nitrogen and oxygen atoms in total. The average molecular weight is 429 g/mol. The summed E-state index contributed by atoms with van der Waals surface area (Å²) in [4.78, 5) is 25.3. The second-order valence-electron chi connectivity index (χ2n) is 7.43. The molecular formula is C23H24N8O. The van der Waals surface area contributed by atoms with Gasteiger partial charge in [-0.15, -0.1) is 10.2 Å². The second-order valence-corrected chi connectivity index (χ2v) is 7.43. The van der Waals surface area contributed by atoms with Crippen LogP contribution in [-0.2, 0) is 13.6 Å². The number of carbonyl (C=O) groups excluding carboxylic acids is 1. The molecule has 0 spiro atoms. The SMILES string of the molecule is Cc1cccnc1[C@@H](C)NC(=O)c1cccc(NCc2nnc(-c3ccncn3)n2C)c1. The zero-order chi connectivity index (χ0) is 22.5. The van der Waals surface area contributed by atoms with Gasteiger partial charge >= 0.3 is 0 Å². The first kappa shape index (κ1) is 21.1. The van der Waals surface area contributed by atoms with Crippen molar-refractivity contribution < 1.29 is 4.79 Å². The van der Waals surface area contributed by atoms with Gasteiger partial charge in [0.1, 0.15) is 12.0 Å². The van der Waals surface area contributed by atoms with Crippen molar-refractivity contribution in [2.75, 3.05) is 5.32 Å². The van der Waals surface area contributed by atoms with Crippen LogP contribution in [0.4, 0.5) is 5.69 Å². The van der Waals surface area contributed by atoms with Crippen molar-refractivity contribution in [3.05, 3.63) is 83.8 Å². The first-order valence-corrected chi connectivity index (χ1v) is 10.2. The van der Waals surface area contributed by atoms with Crippen LogP contribution in [0.25, 0.3) is 11.5 Å². The van der Waals surface area contributed by atoms with Crippen LogP contribution >= 0.6 is 0 Å². The zero-order valence-corrected chi connectivity index (χ0v) is 18.1. The molecule has 0 radical (unpaired) electrons. The third-order valence-electron chi connectivity index (χ3n) is 5.16. The number of hydrogen-bond acceptors (Lipinski definition) is 7. The fraction of sp³-hybridized carbons (Fsp3) is 0.217. The largest absolute Gasteiger partial charge is 0.378 e. The summed E-state index contributed by atoms with van der Waals surface area (Å²) in [7, 11) is 1.89. The molecule has 0 saturated carbocycles. The van der Waals surface area contributed by atoms with Crippen LogP contribution in [0.2, 0.25) is 0 Å². The van der Waals surface area contributed by atoms with Crippen molar-refractivity contribution in [1.29, 1.82) is 0 Å². The molecule has 0 saturated heterocycles. The maximum atomic E-state index is 12.8. The van der Waals surface area contributed by atoms with Crippen LogP contribution in [0.1, 0.15) is 40.4 Å². The molecule has 0 bridgehead atoms. The minimum atomic E-state index is -0.195. The molecule has 4 rings (SSSR count). The lowest BCUT2D eigenvalue weighted by Crippen LogP contribution is -2.27. The van der Waals surface area contributed by atoms with Gasteiger partial charge in [0.2, 0.25) is 0 Å². The number of nitrogens with one attached hydrogen (secondary N) is 2. The van der Waals surface area contributed by atoms with Crippen LogP contribution < -0.4 is 10.6 Å². The third kappa shape index (κ3) is 4.61. The first-order valence-electron chi connectivity index (χ1n) is 10.2. The van der Waals surface area contributed by atoms with E-state index in [9.17, 15) is 4.79 Å². The molecule has 1 amide bonds. The number of amides is 1. The summed E-state index contributed by atoms with van der Waals surface area (Å²) in [5.41, 5.74) is 3.98. The lowest BCUT2D eigenvalue weighted by Gasteiger charge is -2.16. The van der Waals surface area contributed by atoms with Gasteiger partial charge in [-0.25, -0.2) is 9.97 Å². The Hall–Kier alpha value is -4.14. The van der Waals surface area contributed by atoms with Crippen LogP contribution in [0.15, 0.2) is 61.2 Å². The average Bonchev–Trinajstić information content (AvgIpc) is 3.19. The molecule has 9 heteroatoms. The highest BCUT2D eigenvalue weighted by molar-refractivity contribution is 5.95. The molecule has 0 aliphatic carbocycles. The maximum absolute atomic E-state index is 12.8. The topological polar surface area (TPSA) is 111 Å². The highest BCUT2D eigenvalue weighted by Gasteiger charge is 2.15. The van der Waals surface area contributed by atoms with Crippen LogP contribution in [0.3, 0.4) is 0 Å². The number of aryl methyl sites for hydroxylation is 1. The Balaban J connectivity index is 1.42. The summed E-state index contributed by atoms with van der Waals surface area (Å²) >= 11 is 0. The van der Waals surface area contributed by atoms with Gasteiger partial charge in [0.25, 0.3) is 5.91 Å². The van der Waals surface area contributed by atoms with E-state index in [-0.39, 0.29) is 11.9 Å². The third-order valence-corrected chi connectivity index (χ3v) is 5.16. The number of pyridine rings is 1. The molecule has 3 aromatic heterocycles. The Kier molecular flexibility index (Phi) is 6.16. The van der Waals surface area contributed by atoms with Gasteiger partial charge in [0.05, 0.1) is 18.3 Å². The Labute approximate surface area is 186 Å². The van der Waals surface area contributed by atoms with Gasteiger partial charge in [-0.05, 0) is 49.7 Å². The van der Waals surface area contributed by atoms with Crippen LogP contribution in [0.5, 0.6) is 0 Å². The molecule has 1 aromatic carbocycles. The van der Waals surface area contributed by atoms with E-state index in [0.29, 0.717) is 23.6 Å². The van der Waals surface area contributed by atoms with Gasteiger partial charge in [0.15, 0.2) is 11.6 Å². The van der Waals surface area contributed by atoms with Crippen LogP contribution in [-0.4, -0.2) is 35.6 Å². The second kappa shape index (κ2) is 9.34. The monoisotopic (exact) mass is 428 g/mol. The fourth-order valence-electron chi connectivity index (χ4n) is 3.41. The van der Waals surface area contributed by atoms with Crippen molar-refractivity contribution in [3.63, 3.8) is 0 Å². The fourth-order valence-corrected chi connectivity index (χ4v) is 3.41. The van der Waals surface area contributed by atoms with Gasteiger partial charge in [-0.1, -0.05) is 12.1 Å². The lowest BCUT2D eigenvalue weighted by atomic mass is 10.1. The number of benzene rings is 1. The molecule has 0 aliphatic heterocycles. The molecule has 0 aliphatic rings. The molecule has 3 heterocycles. The van der Waals surface area contributed by atoms with Crippen molar-refractivity contribution in [2.45, 2.75) is 26.4 Å². The summed E-state index contributed by atoms with van der Waals surface area (Å²) in [6.07, 6.45) is 4.88. The van der Waals surface area contributed by atoms with E-state index < -0.39 is 0 Å². The molecule has 0 unspecified atom stereocenters. The summed E-state index contributed by atoms with van der Waals surface area (Å²) in [6.45, 7) is 4.36. The Bertz CT molecular complexity index is 1220. The van der Waals surface area contributed by atoms with Gasteiger partial charge in [0, 0.05) is 30.7 Å². The number of rotatable bonds is 7. The van der Waals surface area contributed by atoms with E-state index in [4.69, 9.17) is 0 Å². The van der Waals surface area contributed by atoms with Crippen LogP contribution in [0, 0.1) is 6.92 Å². The van der Waals surface area contributed by atoms with Gasteiger partial charge in [-0.2, -0.15) is 0 Å². The highest BCUT2D eigenvalue weighted by Crippen LogP contribution is 2.18. The molecule has 1 atom stereocenters. The van der Waals surface area contributed by atoms with E-state index in [0.717, 1.165) is 22.8 Å². The standard InChI is InChI=1S/C23H24N8O/c1-15-6-5-10-25-21(15)16(2)28-23(32)17-7-4-8-18(12-17)26-13-20-29-30-22(31(20)3)19-9-11-24-14-27-19/h4-12,14,16,26H,13H2,1-3H3,(H,28,32)/t16-/m1/s1. The Morgan fingerprint density at radius 3 is 2.75 bits per heavy atom. The number of aromatic nitrogens is 6. The van der Waals surface area contributed by atoms with E-state index in [2.05, 4.69) is 35.8 Å². The smallest absolute Gasteiger partial charge is 0.251 e. The summed E-state index contributed by atoms with van der Waals surface area (Å²) in [5, 5.41) is 14.8. The van der Waals surface area contributed by atoms with E-state index >= 15 is 0 Å². The van der Waals surface area contributed by atoms with Crippen molar-refractivity contribution in [3.8, 4) is 11.5 Å². The predicted molar refractivity (Wildman–Crippen MR) is 121 cm³/mol. The first-order chi connectivity index (χ1) is 15.5. The molecule has 4 aromatic rings. The maximum Gasteiger partial charge on any atom is 0.251 e. The number of anilines is 1. The molecule has 2 N–H and O–H groups in total. The molecule has 162 valence electrons. The molecule has 32 heavy (non-hydrogen) atoms. The Morgan fingerprint density at radius 2 is 1.97 bits per heavy atom. The number of hydrogen-bond donors (Lipinski definition) is 2. The molecule has 0 fully saturated rings. The number of carbonyl (C=O) groups is 1. The normalized spacial score (nSPS) is 11.7. The van der Waals surface area contributed by atoms with E-state index in [1.807, 2.05) is 55.8 Å². The zero-order valence-electron chi connectivity index (χ0n) is 18.1. The van der Waals surface area contributed by atoms with Gasteiger partial charge in [-0.3, -0.25) is 9.78 Å². The summed E-state index contributed by atoms with van der Waals surface area (Å²) < 4.78 is 1.88. The van der Waals surface area contributed by atoms with E-state index in [1.165, 1.54) is 6.33 Å². The molecular weight excluding hydrogens is 404 g/mol. The number of nitrogens with zero attached hydrogens (tertiary/aromatic N) is 6. The van der Waals surface area contributed by atoms with Crippen molar-refractivity contribution in [1.82, 2.24) is 35.0 Å². The quantitative estimate of drug-likeness (QED) is 0.465. The van der Waals surface area contributed by atoms with E-state index in [1.54, 1.807) is 24.5 Å². The summed E-state index contributed by atoms with van der Waals surface area (Å²) in [5.74, 6) is 1.25. The minimum absolute atomic E-state index is 0.157.